The molecule has 1 aromatic heterocycles. The molecule has 4 rings (SSSR count). The number of para-hydroxylation sites is 1. The second-order valence-corrected chi connectivity index (χ2v) is 7.35. The minimum atomic E-state index is -0.284. The Kier molecular flexibility index (Phi) is 5.75. The third-order valence-corrected chi connectivity index (χ3v) is 4.98. The van der Waals surface area contributed by atoms with Crippen molar-refractivity contribution in [3.05, 3.63) is 79.5 Å². The van der Waals surface area contributed by atoms with Gasteiger partial charge in [0.05, 0.1) is 5.69 Å². The van der Waals surface area contributed by atoms with Gasteiger partial charge in [-0.15, -0.1) is 6.58 Å². The number of anilines is 1. The molecule has 1 saturated carbocycles. The van der Waals surface area contributed by atoms with Crippen LogP contribution in [0.1, 0.15) is 12.8 Å². The molecule has 0 radical (unpaired) electrons. The summed E-state index contributed by atoms with van der Waals surface area (Å²) in [5, 5.41) is 2.89. The fourth-order valence-electron chi connectivity index (χ4n) is 3.32. The zero-order chi connectivity index (χ0) is 20.9. The summed E-state index contributed by atoms with van der Waals surface area (Å²) in [4.78, 5) is 31.4. The van der Waals surface area contributed by atoms with Gasteiger partial charge in [0.25, 0.3) is 0 Å². The molecule has 1 fully saturated rings. The first kappa shape index (κ1) is 19.6. The molecule has 1 N–H and O–H groups in total. The minimum Gasteiger partial charge on any atom is -0.329 e. The van der Waals surface area contributed by atoms with Crippen LogP contribution in [0.15, 0.2) is 79.5 Å². The molecule has 0 atom stereocenters. The van der Waals surface area contributed by atoms with E-state index in [0.29, 0.717) is 12.5 Å². The van der Waals surface area contributed by atoms with E-state index in [0.717, 1.165) is 29.8 Å². The lowest BCUT2D eigenvalue weighted by Crippen LogP contribution is -2.39. The molecule has 2 amide bonds. The van der Waals surface area contributed by atoms with Crippen LogP contribution in [0, 0.1) is 5.92 Å². The van der Waals surface area contributed by atoms with E-state index in [1.165, 1.54) is 0 Å². The van der Waals surface area contributed by atoms with Crippen LogP contribution >= 0.6 is 0 Å². The molecule has 0 spiro atoms. The Balaban J connectivity index is 1.59. The maximum absolute atomic E-state index is 12.8. The van der Waals surface area contributed by atoms with E-state index in [9.17, 15) is 9.59 Å². The number of rotatable bonds is 8. The molecule has 6 heteroatoms. The number of nitrogens with zero attached hydrogens (tertiary/aromatic N) is 3. The van der Waals surface area contributed by atoms with Gasteiger partial charge < -0.3 is 4.90 Å². The largest absolute Gasteiger partial charge is 0.329 e. The van der Waals surface area contributed by atoms with Gasteiger partial charge in [-0.25, -0.2) is 4.98 Å². The fraction of sp³-hybridized carbons (Fsp3) is 0.208. The number of hydrogen-bond donors (Lipinski definition) is 1. The summed E-state index contributed by atoms with van der Waals surface area (Å²) in [6, 6.07) is 19.5. The van der Waals surface area contributed by atoms with Gasteiger partial charge in [-0.05, 0) is 25.0 Å². The third kappa shape index (κ3) is 4.49. The molecule has 0 unspecified atom stereocenters. The first-order valence-electron chi connectivity index (χ1n) is 10.1. The number of benzene rings is 2. The summed E-state index contributed by atoms with van der Waals surface area (Å²) in [5.74, 6) is 0.200. The van der Waals surface area contributed by atoms with Crippen molar-refractivity contribution in [1.82, 2.24) is 14.5 Å². The molecular weight excluding hydrogens is 376 g/mol. The molecule has 0 bridgehead atoms. The van der Waals surface area contributed by atoms with Gasteiger partial charge in [-0.2, -0.15) is 0 Å². The Morgan fingerprint density at radius 2 is 1.77 bits per heavy atom. The number of aromatic nitrogens is 2. The molecule has 3 aromatic rings. The number of carbonyl (C=O) groups is 2. The Labute approximate surface area is 175 Å². The molecule has 0 saturated heterocycles. The highest BCUT2D eigenvalue weighted by Crippen LogP contribution is 2.31. The number of amides is 2. The Morgan fingerprint density at radius 1 is 1.10 bits per heavy atom. The molecule has 6 nitrogen and oxygen atoms in total. The average molecular weight is 400 g/mol. The van der Waals surface area contributed by atoms with Crippen molar-refractivity contribution >= 4 is 17.8 Å². The lowest BCUT2D eigenvalue weighted by molar-refractivity contribution is -0.135. The topological polar surface area (TPSA) is 67.2 Å². The SMILES string of the molecule is C=CCN(CC(=O)Nc1nc(-c2ccccc2)cn1-c1ccccc1)C(=O)C1CC1. The molecule has 152 valence electrons. The van der Waals surface area contributed by atoms with Crippen molar-refractivity contribution in [3.8, 4) is 16.9 Å². The Morgan fingerprint density at radius 3 is 2.40 bits per heavy atom. The van der Waals surface area contributed by atoms with E-state index in [4.69, 9.17) is 0 Å². The summed E-state index contributed by atoms with van der Waals surface area (Å²) in [7, 11) is 0. The van der Waals surface area contributed by atoms with Crippen LogP contribution in [0.3, 0.4) is 0 Å². The van der Waals surface area contributed by atoms with Crippen LogP contribution < -0.4 is 5.32 Å². The van der Waals surface area contributed by atoms with Gasteiger partial charge in [0.1, 0.15) is 6.54 Å². The van der Waals surface area contributed by atoms with Crippen LogP contribution in [0.4, 0.5) is 5.95 Å². The second-order valence-electron chi connectivity index (χ2n) is 7.35. The molecule has 1 heterocycles. The highest BCUT2D eigenvalue weighted by Gasteiger charge is 2.33. The first-order valence-corrected chi connectivity index (χ1v) is 10.1. The summed E-state index contributed by atoms with van der Waals surface area (Å²) >= 11 is 0. The summed E-state index contributed by atoms with van der Waals surface area (Å²) in [6.45, 7) is 4.03. The smallest absolute Gasteiger partial charge is 0.246 e. The number of imidazole rings is 1. The fourth-order valence-corrected chi connectivity index (χ4v) is 3.32. The molecule has 0 aliphatic heterocycles. The van der Waals surface area contributed by atoms with E-state index in [2.05, 4.69) is 16.9 Å². The first-order chi connectivity index (χ1) is 14.7. The zero-order valence-electron chi connectivity index (χ0n) is 16.7. The van der Waals surface area contributed by atoms with Gasteiger partial charge in [-0.1, -0.05) is 54.6 Å². The van der Waals surface area contributed by atoms with Gasteiger partial charge in [0, 0.05) is 29.9 Å². The molecule has 1 aliphatic rings. The monoisotopic (exact) mass is 400 g/mol. The molecular formula is C24H24N4O2. The molecule has 1 aliphatic carbocycles. The van der Waals surface area contributed by atoms with Crippen LogP contribution in [0.25, 0.3) is 16.9 Å². The average Bonchev–Trinajstić information content (AvgIpc) is 3.54. The predicted molar refractivity (Wildman–Crippen MR) is 117 cm³/mol. The van der Waals surface area contributed by atoms with Crippen molar-refractivity contribution in [3.63, 3.8) is 0 Å². The summed E-state index contributed by atoms with van der Waals surface area (Å²) in [5.41, 5.74) is 2.60. The van der Waals surface area contributed by atoms with Crippen LogP contribution in [-0.4, -0.2) is 39.4 Å². The third-order valence-electron chi connectivity index (χ3n) is 4.98. The van der Waals surface area contributed by atoms with Crippen molar-refractivity contribution < 1.29 is 9.59 Å². The lowest BCUT2D eigenvalue weighted by Gasteiger charge is -2.20. The minimum absolute atomic E-state index is 0.0152. The van der Waals surface area contributed by atoms with Gasteiger partial charge in [-0.3, -0.25) is 19.5 Å². The van der Waals surface area contributed by atoms with E-state index >= 15 is 0 Å². The lowest BCUT2D eigenvalue weighted by atomic mass is 10.2. The quantitative estimate of drug-likeness (QED) is 0.583. The van der Waals surface area contributed by atoms with Crippen molar-refractivity contribution in [2.75, 3.05) is 18.4 Å². The van der Waals surface area contributed by atoms with Gasteiger partial charge in [0.2, 0.25) is 17.8 Å². The molecule has 2 aromatic carbocycles. The zero-order valence-corrected chi connectivity index (χ0v) is 16.7. The van der Waals surface area contributed by atoms with Crippen LogP contribution in [-0.2, 0) is 9.59 Å². The van der Waals surface area contributed by atoms with Crippen molar-refractivity contribution in [1.29, 1.82) is 0 Å². The van der Waals surface area contributed by atoms with E-state index in [1.807, 2.05) is 71.4 Å². The van der Waals surface area contributed by atoms with Crippen LogP contribution in [0.5, 0.6) is 0 Å². The normalized spacial score (nSPS) is 12.9. The van der Waals surface area contributed by atoms with E-state index in [1.54, 1.807) is 11.0 Å². The highest BCUT2D eigenvalue weighted by molar-refractivity contribution is 5.94. The predicted octanol–water partition coefficient (Wildman–Crippen LogP) is 3.90. The Bertz CT molecular complexity index is 1040. The van der Waals surface area contributed by atoms with E-state index in [-0.39, 0.29) is 24.3 Å². The van der Waals surface area contributed by atoms with Gasteiger partial charge >= 0.3 is 0 Å². The number of hydrogen-bond acceptors (Lipinski definition) is 3. The summed E-state index contributed by atoms with van der Waals surface area (Å²) in [6.07, 6.45) is 5.34. The summed E-state index contributed by atoms with van der Waals surface area (Å²) < 4.78 is 1.85. The van der Waals surface area contributed by atoms with Crippen molar-refractivity contribution in [2.45, 2.75) is 12.8 Å². The maximum atomic E-state index is 12.8. The van der Waals surface area contributed by atoms with Crippen LogP contribution in [0.2, 0.25) is 0 Å². The van der Waals surface area contributed by atoms with Gasteiger partial charge in [0.15, 0.2) is 0 Å². The standard InChI is InChI=1S/C24H24N4O2/c1-2-15-27(23(30)19-13-14-19)17-22(29)26-24-25-21(18-9-5-3-6-10-18)16-28(24)20-11-7-4-8-12-20/h2-12,16,19H,1,13-15,17H2,(H,25,26,29). The van der Waals surface area contributed by atoms with E-state index < -0.39 is 0 Å². The number of carbonyl (C=O) groups excluding carboxylic acids is 2. The maximum Gasteiger partial charge on any atom is 0.246 e. The van der Waals surface area contributed by atoms with Crippen molar-refractivity contribution in [2.24, 2.45) is 5.92 Å². The second kappa shape index (κ2) is 8.78. The highest BCUT2D eigenvalue weighted by atomic mass is 16.2. The molecule has 30 heavy (non-hydrogen) atoms. The number of nitrogens with one attached hydrogen (secondary N) is 1. The Hall–Kier alpha value is -3.67.